The monoisotopic (exact) mass is 664 g/mol. The first-order valence-corrected chi connectivity index (χ1v) is 15.8. The molecular formula is C34H35F3N6O3S. The maximum Gasteiger partial charge on any atom is 0.573 e. The van der Waals surface area contributed by atoms with Crippen molar-refractivity contribution in [2.45, 2.75) is 46.4 Å². The van der Waals surface area contributed by atoms with Gasteiger partial charge in [-0.05, 0) is 78.8 Å². The number of aromatic nitrogens is 4. The van der Waals surface area contributed by atoms with Crippen LogP contribution in [0.15, 0.2) is 83.4 Å². The number of urea groups is 1. The van der Waals surface area contributed by atoms with Gasteiger partial charge in [-0.2, -0.15) is 4.99 Å². The van der Waals surface area contributed by atoms with Crippen LogP contribution in [0.5, 0.6) is 11.5 Å². The number of carbonyl (C=O) groups is 1. The third-order valence-corrected chi connectivity index (χ3v) is 8.34. The van der Waals surface area contributed by atoms with Crippen LogP contribution < -0.4 is 19.6 Å². The van der Waals surface area contributed by atoms with E-state index in [-0.39, 0.29) is 17.6 Å². The number of alkyl halides is 3. The highest BCUT2D eigenvalue weighted by Gasteiger charge is 2.31. The van der Waals surface area contributed by atoms with Gasteiger partial charge in [0.15, 0.2) is 10.6 Å². The molecule has 3 aromatic carbocycles. The van der Waals surface area contributed by atoms with Crippen molar-refractivity contribution >= 4 is 17.4 Å². The van der Waals surface area contributed by atoms with Crippen LogP contribution >= 0.6 is 11.3 Å². The van der Waals surface area contributed by atoms with Crippen molar-refractivity contribution in [3.63, 3.8) is 0 Å². The number of halogens is 3. The van der Waals surface area contributed by atoms with Crippen LogP contribution in [0.25, 0.3) is 22.8 Å². The maximum absolute atomic E-state index is 12.9. The lowest BCUT2D eigenvalue weighted by Gasteiger charge is -2.16. The summed E-state index contributed by atoms with van der Waals surface area (Å²) in [6.07, 6.45) is -2.52. The van der Waals surface area contributed by atoms with E-state index in [9.17, 15) is 18.0 Å². The minimum absolute atomic E-state index is 0.146. The second-order valence-electron chi connectivity index (χ2n) is 11.4. The Morgan fingerprint density at radius 2 is 1.72 bits per heavy atom. The molecule has 0 aliphatic rings. The van der Waals surface area contributed by atoms with Crippen molar-refractivity contribution in [1.82, 2.24) is 24.6 Å². The standard InChI is InChI=1S/C34H35F3N6O3S/c1-21(2)29-17-28(45-5)14-15-30(29)43-23(4)19-47-33(43)40-32(44)38-18-22(3)16-24-6-8-25(9-7-24)31-39-20-42(41-31)26-10-12-27(13-11-26)46-34(35,36)37/h6-15,17,19-22H,16,18H2,1-5H3,(H,38,44)/b40-33-. The lowest BCUT2D eigenvalue weighted by molar-refractivity contribution is -0.274. The van der Waals surface area contributed by atoms with Crippen molar-refractivity contribution in [2.75, 3.05) is 13.7 Å². The van der Waals surface area contributed by atoms with Gasteiger partial charge in [0.25, 0.3) is 0 Å². The van der Waals surface area contributed by atoms with Crippen LogP contribution in [0.2, 0.25) is 0 Å². The van der Waals surface area contributed by atoms with Gasteiger partial charge in [0.2, 0.25) is 0 Å². The molecule has 0 spiro atoms. The first-order chi connectivity index (χ1) is 22.4. The molecule has 1 atom stereocenters. The first kappa shape index (κ1) is 33.5. The fraction of sp³-hybridized carbons (Fsp3) is 0.294. The third kappa shape index (κ3) is 8.47. The lowest BCUT2D eigenvalue weighted by atomic mass is 10.00. The van der Waals surface area contributed by atoms with Gasteiger partial charge in [-0.15, -0.1) is 29.6 Å². The number of hydrogen-bond acceptors (Lipinski definition) is 6. The first-order valence-electron chi connectivity index (χ1n) is 15.0. The minimum atomic E-state index is -4.75. The molecule has 9 nitrogen and oxygen atoms in total. The van der Waals surface area contributed by atoms with Gasteiger partial charge >= 0.3 is 12.4 Å². The molecule has 13 heteroatoms. The number of hydrogen-bond donors (Lipinski definition) is 1. The lowest BCUT2D eigenvalue weighted by Crippen LogP contribution is -2.29. The van der Waals surface area contributed by atoms with Crippen molar-refractivity contribution in [2.24, 2.45) is 10.9 Å². The van der Waals surface area contributed by atoms with Crippen molar-refractivity contribution in [3.8, 4) is 34.3 Å². The molecule has 0 radical (unpaired) electrons. The molecule has 47 heavy (non-hydrogen) atoms. The predicted octanol–water partition coefficient (Wildman–Crippen LogP) is 7.61. The molecule has 2 heterocycles. The number of benzene rings is 3. The highest BCUT2D eigenvalue weighted by Crippen LogP contribution is 2.28. The molecule has 1 N–H and O–H groups in total. The average molecular weight is 665 g/mol. The van der Waals surface area contributed by atoms with Crippen LogP contribution in [-0.2, 0) is 6.42 Å². The van der Waals surface area contributed by atoms with Gasteiger partial charge in [-0.3, -0.25) is 4.57 Å². The van der Waals surface area contributed by atoms with E-state index in [0.29, 0.717) is 22.9 Å². The molecule has 2 aromatic heterocycles. The third-order valence-electron chi connectivity index (χ3n) is 7.40. The van der Waals surface area contributed by atoms with Crippen molar-refractivity contribution < 1.29 is 27.4 Å². The summed E-state index contributed by atoms with van der Waals surface area (Å²) in [7, 11) is 1.65. The highest BCUT2D eigenvalue weighted by atomic mass is 32.1. The molecule has 2 amide bonds. The number of rotatable bonds is 10. The number of methoxy groups -OCH3 is 1. The summed E-state index contributed by atoms with van der Waals surface area (Å²) in [4.78, 5) is 22.2. The normalized spacial score (nSPS) is 12.7. The molecule has 0 saturated heterocycles. The Bertz CT molecular complexity index is 1890. The quantitative estimate of drug-likeness (QED) is 0.166. The Labute approximate surface area is 274 Å². The number of thiazole rings is 1. The summed E-state index contributed by atoms with van der Waals surface area (Å²) in [5.41, 5.74) is 5.48. The van der Waals surface area contributed by atoms with E-state index < -0.39 is 12.4 Å². The highest BCUT2D eigenvalue weighted by molar-refractivity contribution is 7.07. The van der Waals surface area contributed by atoms with Crippen LogP contribution in [0.3, 0.4) is 0 Å². The Hall–Kier alpha value is -4.91. The Morgan fingerprint density at radius 3 is 2.38 bits per heavy atom. The van der Waals surface area contributed by atoms with E-state index in [0.717, 1.165) is 40.2 Å². The predicted molar refractivity (Wildman–Crippen MR) is 174 cm³/mol. The van der Waals surface area contributed by atoms with E-state index >= 15 is 0 Å². The molecule has 5 rings (SSSR count). The smallest absolute Gasteiger partial charge is 0.497 e. The van der Waals surface area contributed by atoms with Gasteiger partial charge < -0.3 is 14.8 Å². The van der Waals surface area contributed by atoms with Crippen molar-refractivity contribution in [1.29, 1.82) is 0 Å². The Balaban J connectivity index is 1.19. The number of ether oxygens (including phenoxy) is 2. The molecule has 0 fully saturated rings. The summed E-state index contributed by atoms with van der Waals surface area (Å²) in [6, 6.07) is 18.7. The molecule has 0 aliphatic carbocycles. The second kappa shape index (κ2) is 14.2. The number of nitrogens with one attached hydrogen (secondary N) is 1. The fourth-order valence-corrected chi connectivity index (χ4v) is 5.93. The number of aryl methyl sites for hydroxylation is 1. The molecule has 246 valence electrons. The summed E-state index contributed by atoms with van der Waals surface area (Å²) in [6.45, 7) is 8.75. The summed E-state index contributed by atoms with van der Waals surface area (Å²) in [5.74, 6) is 1.34. The van der Waals surface area contributed by atoms with Gasteiger partial charge in [0.05, 0.1) is 18.5 Å². The molecule has 0 aliphatic heterocycles. The molecule has 1 unspecified atom stereocenters. The van der Waals surface area contributed by atoms with Gasteiger partial charge in [-0.25, -0.2) is 14.5 Å². The second-order valence-corrected chi connectivity index (χ2v) is 12.3. The zero-order valence-electron chi connectivity index (χ0n) is 26.6. The zero-order valence-corrected chi connectivity index (χ0v) is 27.4. The van der Waals surface area contributed by atoms with Crippen LogP contribution in [0.4, 0.5) is 18.0 Å². The summed E-state index contributed by atoms with van der Waals surface area (Å²) >= 11 is 1.42. The average Bonchev–Trinajstić information content (AvgIpc) is 3.67. The van der Waals surface area contributed by atoms with Crippen LogP contribution in [-0.4, -0.2) is 45.4 Å². The van der Waals surface area contributed by atoms with Crippen LogP contribution in [0, 0.1) is 12.8 Å². The van der Waals surface area contributed by atoms with E-state index in [1.807, 2.05) is 59.3 Å². The number of nitrogens with zero attached hydrogens (tertiary/aromatic N) is 5. The minimum Gasteiger partial charge on any atom is -0.497 e. The van der Waals surface area contributed by atoms with Crippen LogP contribution in [0.1, 0.15) is 43.5 Å². The van der Waals surface area contributed by atoms with E-state index in [1.54, 1.807) is 7.11 Å². The molecule has 5 aromatic rings. The zero-order chi connectivity index (χ0) is 33.7. The molecule has 0 bridgehead atoms. The van der Waals surface area contributed by atoms with E-state index in [4.69, 9.17) is 4.74 Å². The summed E-state index contributed by atoms with van der Waals surface area (Å²) in [5, 5.41) is 9.39. The Kier molecular flexibility index (Phi) is 10.1. The SMILES string of the molecule is COc1ccc(-n2c(C)cs/c2=N\C(=O)NCC(C)Cc2ccc(-c3ncn(-c4ccc(OC(F)(F)F)cc4)n3)cc2)c(C(C)C)c1. The Morgan fingerprint density at radius 1 is 1.02 bits per heavy atom. The number of carbonyl (C=O) groups excluding carboxylic acids is 1. The largest absolute Gasteiger partial charge is 0.573 e. The van der Waals surface area contributed by atoms with Gasteiger partial charge in [0.1, 0.15) is 17.8 Å². The fourth-order valence-electron chi connectivity index (χ4n) is 5.06. The van der Waals surface area contributed by atoms with E-state index in [2.05, 4.69) is 45.9 Å². The maximum atomic E-state index is 12.9. The molecule has 0 saturated carbocycles. The number of amides is 2. The van der Waals surface area contributed by atoms with E-state index in [1.165, 1.54) is 46.6 Å². The van der Waals surface area contributed by atoms with Gasteiger partial charge in [0, 0.05) is 23.2 Å². The van der Waals surface area contributed by atoms with Crippen molar-refractivity contribution in [3.05, 3.63) is 100 Å². The topological polar surface area (TPSA) is 95.6 Å². The van der Waals surface area contributed by atoms with Gasteiger partial charge in [-0.1, -0.05) is 45.0 Å². The molecular weight excluding hydrogens is 629 g/mol. The summed E-state index contributed by atoms with van der Waals surface area (Å²) < 4.78 is 50.1.